The lowest BCUT2D eigenvalue weighted by Gasteiger charge is -2.08. The molecule has 2 heterocycles. The van der Waals surface area contributed by atoms with Crippen molar-refractivity contribution >= 4 is 11.0 Å². The van der Waals surface area contributed by atoms with E-state index in [4.69, 9.17) is 4.74 Å². The van der Waals surface area contributed by atoms with Crippen LogP contribution in [0.2, 0.25) is 0 Å². The maximum atomic E-state index is 5.92. The zero-order valence-electron chi connectivity index (χ0n) is 16.3. The molecule has 0 aliphatic carbocycles. The molecule has 2 aromatic heterocycles. The Morgan fingerprint density at radius 3 is 2.25 bits per heavy atom. The van der Waals surface area contributed by atoms with Crippen molar-refractivity contribution < 1.29 is 4.74 Å². The van der Waals surface area contributed by atoms with Crippen LogP contribution in [0.1, 0.15) is 42.1 Å². The molecule has 0 atom stereocenters. The van der Waals surface area contributed by atoms with Crippen LogP contribution in [0.3, 0.4) is 0 Å². The number of benzene rings is 2. The zero-order chi connectivity index (χ0) is 19.5. The Hall–Kier alpha value is -3.51. The van der Waals surface area contributed by atoms with Gasteiger partial charge in [-0.25, -0.2) is 4.98 Å². The summed E-state index contributed by atoms with van der Waals surface area (Å²) in [6.45, 7) is 6.40. The molecule has 0 aliphatic heterocycles. The van der Waals surface area contributed by atoms with Crippen molar-refractivity contribution in [1.82, 2.24) is 9.97 Å². The fraction of sp³-hybridized carbons (Fsp3) is 0.160. The maximum absolute atomic E-state index is 5.92. The number of aromatic amines is 1. The molecule has 0 amide bonds. The number of fused-ring (bicyclic) bond motifs is 1. The minimum Gasteiger partial charge on any atom is -0.457 e. The predicted octanol–water partition coefficient (Wildman–Crippen LogP) is 6.19. The van der Waals surface area contributed by atoms with Crippen molar-refractivity contribution in [1.29, 1.82) is 0 Å². The maximum Gasteiger partial charge on any atom is 0.138 e. The van der Waals surface area contributed by atoms with Crippen molar-refractivity contribution in [2.75, 3.05) is 0 Å². The van der Waals surface area contributed by atoms with E-state index in [1.54, 1.807) is 0 Å². The molecule has 138 valence electrons. The third-order valence-corrected chi connectivity index (χ3v) is 4.59. The zero-order valence-corrected chi connectivity index (χ0v) is 16.3. The summed E-state index contributed by atoms with van der Waals surface area (Å²) in [5, 5.41) is 1.08. The van der Waals surface area contributed by atoms with Gasteiger partial charge in [-0.15, -0.1) is 0 Å². The molecule has 4 rings (SSSR count). The van der Waals surface area contributed by atoms with Gasteiger partial charge in [-0.05, 0) is 78.4 Å². The van der Waals surface area contributed by atoms with Gasteiger partial charge in [-0.3, -0.25) is 0 Å². The van der Waals surface area contributed by atoms with Crippen LogP contribution in [-0.4, -0.2) is 9.97 Å². The van der Waals surface area contributed by atoms with Gasteiger partial charge in [-0.2, -0.15) is 0 Å². The molecule has 1 N–H and O–H groups in total. The highest BCUT2D eigenvalue weighted by molar-refractivity contribution is 5.78. The first kappa shape index (κ1) is 17.9. The van der Waals surface area contributed by atoms with Gasteiger partial charge in [0.25, 0.3) is 0 Å². The third kappa shape index (κ3) is 4.07. The Morgan fingerprint density at radius 1 is 0.893 bits per heavy atom. The highest BCUT2D eigenvalue weighted by atomic mass is 16.5. The molecule has 28 heavy (non-hydrogen) atoms. The number of aromatic nitrogens is 2. The van der Waals surface area contributed by atoms with Gasteiger partial charge in [0.2, 0.25) is 0 Å². The normalized spacial score (nSPS) is 10.7. The van der Waals surface area contributed by atoms with Crippen LogP contribution in [-0.2, 0) is 0 Å². The van der Waals surface area contributed by atoms with Crippen LogP contribution in [0.5, 0.6) is 11.5 Å². The van der Waals surface area contributed by atoms with Crippen LogP contribution in [0.4, 0.5) is 0 Å². The lowest BCUT2D eigenvalue weighted by Crippen LogP contribution is -1.88. The summed E-state index contributed by atoms with van der Waals surface area (Å²) in [5.41, 5.74) is 5.10. The molecule has 0 saturated carbocycles. The van der Waals surface area contributed by atoms with Gasteiger partial charge < -0.3 is 9.72 Å². The van der Waals surface area contributed by atoms with Gasteiger partial charge in [0, 0.05) is 17.1 Å². The van der Waals surface area contributed by atoms with Gasteiger partial charge >= 0.3 is 0 Å². The smallest absolute Gasteiger partial charge is 0.138 e. The highest BCUT2D eigenvalue weighted by Crippen LogP contribution is 2.24. The Labute approximate surface area is 165 Å². The number of ether oxygens (including phenoxy) is 1. The van der Waals surface area contributed by atoms with Crippen LogP contribution in [0.25, 0.3) is 11.0 Å². The molecular formula is C25H22N2O. The van der Waals surface area contributed by atoms with E-state index in [9.17, 15) is 0 Å². The second-order valence-corrected chi connectivity index (χ2v) is 7.23. The van der Waals surface area contributed by atoms with E-state index in [1.165, 1.54) is 5.56 Å². The summed E-state index contributed by atoms with van der Waals surface area (Å²) in [6.07, 6.45) is 1.85. The summed E-state index contributed by atoms with van der Waals surface area (Å²) in [4.78, 5) is 7.62. The van der Waals surface area contributed by atoms with Crippen molar-refractivity contribution in [3.63, 3.8) is 0 Å². The molecule has 3 nitrogen and oxygen atoms in total. The van der Waals surface area contributed by atoms with Crippen molar-refractivity contribution in [3.8, 4) is 23.3 Å². The summed E-state index contributed by atoms with van der Waals surface area (Å²) >= 11 is 0. The molecule has 3 heteroatoms. The average molecular weight is 366 g/mol. The minimum atomic E-state index is 0.518. The van der Waals surface area contributed by atoms with Crippen molar-refractivity contribution in [2.24, 2.45) is 0 Å². The number of aryl methyl sites for hydroxylation is 1. The summed E-state index contributed by atoms with van der Waals surface area (Å²) < 4.78 is 5.92. The lowest BCUT2D eigenvalue weighted by atomic mass is 10.0. The molecule has 0 fully saturated rings. The molecule has 0 bridgehead atoms. The first-order valence-corrected chi connectivity index (χ1v) is 9.42. The van der Waals surface area contributed by atoms with E-state index in [0.717, 1.165) is 39.4 Å². The second-order valence-electron chi connectivity index (χ2n) is 7.23. The summed E-state index contributed by atoms with van der Waals surface area (Å²) in [5.74, 6) is 8.51. The largest absolute Gasteiger partial charge is 0.457 e. The van der Waals surface area contributed by atoms with Gasteiger partial charge in [-0.1, -0.05) is 31.9 Å². The molecule has 0 saturated heterocycles. The molecule has 0 radical (unpaired) electrons. The standard InChI is InChI=1S/C25H22N2O/c1-17(2)20-7-12-24(13-8-20)28-23-10-5-19(6-11-23)4-9-22-15-21-14-18(3)16-26-25(21)27-22/h5-8,10-17H,1-3H3,(H,26,27). The van der Waals surface area contributed by atoms with Crippen LogP contribution < -0.4 is 4.74 Å². The predicted molar refractivity (Wildman–Crippen MR) is 114 cm³/mol. The molecule has 0 unspecified atom stereocenters. The SMILES string of the molecule is Cc1cnc2[nH]c(C#Cc3ccc(Oc4ccc(C(C)C)cc4)cc3)cc2c1. The molecule has 0 spiro atoms. The Balaban J connectivity index is 1.46. The highest BCUT2D eigenvalue weighted by Gasteiger charge is 2.02. The van der Waals surface area contributed by atoms with E-state index in [0.29, 0.717) is 5.92 Å². The minimum absolute atomic E-state index is 0.518. The Bertz CT molecular complexity index is 1160. The molecule has 4 aromatic rings. The van der Waals surface area contributed by atoms with E-state index in [2.05, 4.69) is 53.9 Å². The number of H-pyrrole nitrogens is 1. The lowest BCUT2D eigenvalue weighted by molar-refractivity contribution is 0.482. The quantitative estimate of drug-likeness (QED) is 0.439. The first-order chi connectivity index (χ1) is 13.6. The number of pyridine rings is 1. The third-order valence-electron chi connectivity index (χ3n) is 4.59. The topological polar surface area (TPSA) is 37.9 Å². The van der Waals surface area contributed by atoms with Gasteiger partial charge in [0.15, 0.2) is 0 Å². The number of nitrogens with zero attached hydrogens (tertiary/aromatic N) is 1. The monoisotopic (exact) mass is 366 g/mol. The second kappa shape index (κ2) is 7.62. The first-order valence-electron chi connectivity index (χ1n) is 9.42. The van der Waals surface area contributed by atoms with Crippen LogP contribution in [0.15, 0.2) is 66.9 Å². The van der Waals surface area contributed by atoms with Crippen LogP contribution >= 0.6 is 0 Å². The van der Waals surface area contributed by atoms with E-state index in [1.807, 2.05) is 55.6 Å². The average Bonchev–Trinajstić information content (AvgIpc) is 3.10. The fourth-order valence-corrected chi connectivity index (χ4v) is 3.00. The van der Waals surface area contributed by atoms with Crippen LogP contribution in [0, 0.1) is 18.8 Å². The number of hydrogen-bond donors (Lipinski definition) is 1. The van der Waals surface area contributed by atoms with E-state index >= 15 is 0 Å². The summed E-state index contributed by atoms with van der Waals surface area (Å²) in [7, 11) is 0. The Morgan fingerprint density at radius 2 is 1.57 bits per heavy atom. The van der Waals surface area contributed by atoms with Gasteiger partial charge in [0.1, 0.15) is 17.1 Å². The molecule has 0 aliphatic rings. The Kier molecular flexibility index (Phi) is 4.87. The van der Waals surface area contributed by atoms with E-state index in [-0.39, 0.29) is 0 Å². The number of rotatable bonds is 3. The van der Waals surface area contributed by atoms with Crippen molar-refractivity contribution in [2.45, 2.75) is 26.7 Å². The molecule has 2 aromatic carbocycles. The summed E-state index contributed by atoms with van der Waals surface area (Å²) in [6, 6.07) is 20.2. The van der Waals surface area contributed by atoms with Crippen molar-refractivity contribution in [3.05, 3.63) is 89.2 Å². The fourth-order valence-electron chi connectivity index (χ4n) is 3.00. The number of hydrogen-bond acceptors (Lipinski definition) is 2. The number of nitrogens with one attached hydrogen (secondary N) is 1. The van der Waals surface area contributed by atoms with E-state index < -0.39 is 0 Å². The molecular weight excluding hydrogens is 344 g/mol. The van der Waals surface area contributed by atoms with Gasteiger partial charge in [0.05, 0.1) is 5.69 Å².